The predicted molar refractivity (Wildman–Crippen MR) is 89.5 cm³/mol. The highest BCUT2D eigenvalue weighted by atomic mass is 19.4. The Kier molecular flexibility index (Phi) is 4.80. The van der Waals surface area contributed by atoms with Crippen molar-refractivity contribution in [2.45, 2.75) is 13.1 Å². The third-order valence-corrected chi connectivity index (χ3v) is 3.55. The van der Waals surface area contributed by atoms with Crippen molar-refractivity contribution < 1.29 is 27.5 Å². The number of aromatic nitrogens is 3. The number of fused-ring (bicyclic) bond motifs is 1. The van der Waals surface area contributed by atoms with Gasteiger partial charge >= 0.3 is 18.1 Å². The van der Waals surface area contributed by atoms with Crippen LogP contribution >= 0.6 is 0 Å². The van der Waals surface area contributed by atoms with Crippen molar-refractivity contribution in [2.24, 2.45) is 0 Å². The summed E-state index contributed by atoms with van der Waals surface area (Å²) in [7, 11) is 0. The van der Waals surface area contributed by atoms with Crippen LogP contribution in [0.25, 0.3) is 16.7 Å². The molecule has 3 aromatic rings. The molecule has 2 heterocycles. The van der Waals surface area contributed by atoms with E-state index in [0.717, 1.165) is 16.3 Å². The number of benzene rings is 1. The van der Waals surface area contributed by atoms with Gasteiger partial charge in [-0.05, 0) is 25.1 Å². The third kappa shape index (κ3) is 3.73. The summed E-state index contributed by atoms with van der Waals surface area (Å²) in [5.74, 6) is -3.50. The number of halogens is 3. The Bertz CT molecular complexity index is 1010. The van der Waals surface area contributed by atoms with Crippen LogP contribution in [0, 0.1) is 0 Å². The van der Waals surface area contributed by atoms with Crippen molar-refractivity contribution in [3.63, 3.8) is 0 Å². The molecule has 0 aliphatic carbocycles. The highest BCUT2D eigenvalue weighted by molar-refractivity contribution is 6.02. The maximum atomic E-state index is 12.7. The Morgan fingerprint density at radius 3 is 2.63 bits per heavy atom. The summed E-state index contributed by atoms with van der Waals surface area (Å²) in [5, 5.41) is 6.39. The number of ether oxygens (including phenoxy) is 1. The van der Waals surface area contributed by atoms with E-state index < -0.39 is 23.9 Å². The van der Waals surface area contributed by atoms with Crippen molar-refractivity contribution in [2.75, 3.05) is 11.9 Å². The molecule has 0 saturated carbocycles. The highest BCUT2D eigenvalue weighted by Gasteiger charge is 2.40. The molecular weight excluding hydrogens is 365 g/mol. The van der Waals surface area contributed by atoms with E-state index in [2.05, 4.69) is 10.1 Å². The van der Waals surface area contributed by atoms with Gasteiger partial charge in [0.25, 0.3) is 0 Å². The number of hydrogen-bond donors (Lipinski definition) is 1. The van der Waals surface area contributed by atoms with E-state index in [1.807, 2.05) is 12.1 Å². The molecule has 1 amide bonds. The lowest BCUT2D eigenvalue weighted by Crippen LogP contribution is -2.31. The monoisotopic (exact) mass is 378 g/mol. The van der Waals surface area contributed by atoms with E-state index in [4.69, 9.17) is 4.74 Å². The van der Waals surface area contributed by atoms with Crippen LogP contribution in [0.5, 0.6) is 0 Å². The lowest BCUT2D eigenvalue weighted by molar-refractivity contribution is -0.167. The Morgan fingerprint density at radius 1 is 1.19 bits per heavy atom. The molecule has 0 saturated heterocycles. The second kappa shape index (κ2) is 7.06. The zero-order valence-corrected chi connectivity index (χ0v) is 13.9. The van der Waals surface area contributed by atoms with Crippen LogP contribution < -0.4 is 5.32 Å². The fourth-order valence-electron chi connectivity index (χ4n) is 2.35. The van der Waals surface area contributed by atoms with Gasteiger partial charge in [-0.2, -0.15) is 23.0 Å². The first-order valence-electron chi connectivity index (χ1n) is 7.80. The molecular formula is C17H13F3N4O3. The number of nitrogens with one attached hydrogen (secondary N) is 1. The van der Waals surface area contributed by atoms with Gasteiger partial charge in [-0.15, -0.1) is 0 Å². The van der Waals surface area contributed by atoms with Crippen LogP contribution in [0.3, 0.4) is 0 Å². The highest BCUT2D eigenvalue weighted by Crippen LogP contribution is 2.25. The quantitative estimate of drug-likeness (QED) is 0.705. The van der Waals surface area contributed by atoms with Gasteiger partial charge in [0.2, 0.25) is 0 Å². The molecule has 1 N–H and O–H groups in total. The molecule has 0 spiro atoms. The number of nitrogens with zero attached hydrogens (tertiary/aromatic N) is 3. The van der Waals surface area contributed by atoms with Crippen molar-refractivity contribution in [3.8, 4) is 5.82 Å². The molecule has 7 nitrogen and oxygen atoms in total. The molecule has 27 heavy (non-hydrogen) atoms. The summed E-state index contributed by atoms with van der Waals surface area (Å²) in [6.07, 6.45) is -4.13. The number of alkyl halides is 3. The Morgan fingerprint density at radius 2 is 1.93 bits per heavy atom. The molecule has 0 atom stereocenters. The standard InChI is InChI=1S/C17H13F3N4O3/c1-2-27-15(25)11-9-21-24(14(11)23-16(26)17(18,19)20)13-8-7-10-5-3-4-6-12(10)22-13/h3-9H,2H2,1H3,(H,23,26). The second-order valence-electron chi connectivity index (χ2n) is 5.35. The minimum absolute atomic E-state index is 0.00486. The van der Waals surface area contributed by atoms with Crippen molar-refractivity contribution >= 4 is 28.6 Å². The van der Waals surface area contributed by atoms with Crippen LogP contribution in [-0.4, -0.2) is 39.4 Å². The molecule has 10 heteroatoms. The number of carbonyl (C=O) groups excluding carboxylic acids is 2. The first kappa shape index (κ1) is 18.4. The van der Waals surface area contributed by atoms with Crippen molar-refractivity contribution in [3.05, 3.63) is 48.2 Å². The lowest BCUT2D eigenvalue weighted by atomic mass is 10.2. The SMILES string of the molecule is CCOC(=O)c1cnn(-c2ccc3ccccc3n2)c1NC(=O)C(F)(F)F. The number of esters is 1. The maximum Gasteiger partial charge on any atom is 0.471 e. The average Bonchev–Trinajstić information content (AvgIpc) is 3.04. The fraction of sp³-hybridized carbons (Fsp3) is 0.176. The summed E-state index contributed by atoms with van der Waals surface area (Å²) >= 11 is 0. The predicted octanol–water partition coefficient (Wildman–Crippen LogP) is 3.10. The van der Waals surface area contributed by atoms with Crippen LogP contribution in [0.1, 0.15) is 17.3 Å². The van der Waals surface area contributed by atoms with Gasteiger partial charge in [-0.25, -0.2) is 9.78 Å². The minimum Gasteiger partial charge on any atom is -0.462 e. The van der Waals surface area contributed by atoms with E-state index in [9.17, 15) is 22.8 Å². The number of anilines is 1. The molecule has 0 unspecified atom stereocenters. The second-order valence-corrected chi connectivity index (χ2v) is 5.35. The Balaban J connectivity index is 2.10. The number of pyridine rings is 1. The summed E-state index contributed by atoms with van der Waals surface area (Å²) in [4.78, 5) is 27.7. The number of carbonyl (C=O) groups is 2. The summed E-state index contributed by atoms with van der Waals surface area (Å²) in [5.41, 5.74) is 0.251. The van der Waals surface area contributed by atoms with Gasteiger partial charge in [-0.1, -0.05) is 18.2 Å². The molecule has 0 aliphatic heterocycles. The van der Waals surface area contributed by atoms with Gasteiger partial charge in [0, 0.05) is 5.39 Å². The molecule has 0 aliphatic rings. The van der Waals surface area contributed by atoms with E-state index in [1.165, 1.54) is 6.07 Å². The first-order chi connectivity index (χ1) is 12.8. The first-order valence-corrected chi connectivity index (χ1v) is 7.80. The maximum absolute atomic E-state index is 12.7. The van der Waals surface area contributed by atoms with E-state index in [0.29, 0.717) is 5.52 Å². The Hall–Kier alpha value is -3.43. The van der Waals surface area contributed by atoms with Crippen LogP contribution in [0.2, 0.25) is 0 Å². The van der Waals surface area contributed by atoms with Gasteiger partial charge < -0.3 is 10.1 Å². The van der Waals surface area contributed by atoms with Crippen LogP contribution in [-0.2, 0) is 9.53 Å². The molecule has 0 fully saturated rings. The summed E-state index contributed by atoms with van der Waals surface area (Å²) in [6.45, 7) is 1.55. The summed E-state index contributed by atoms with van der Waals surface area (Å²) < 4.78 is 43.8. The number of para-hydroxylation sites is 1. The van der Waals surface area contributed by atoms with E-state index in [-0.39, 0.29) is 18.0 Å². The van der Waals surface area contributed by atoms with Crippen molar-refractivity contribution in [1.29, 1.82) is 0 Å². The van der Waals surface area contributed by atoms with E-state index >= 15 is 0 Å². The number of hydrogen-bond acceptors (Lipinski definition) is 5. The topological polar surface area (TPSA) is 86.1 Å². The Labute approximate surface area is 150 Å². The smallest absolute Gasteiger partial charge is 0.462 e. The van der Waals surface area contributed by atoms with E-state index in [1.54, 1.807) is 30.4 Å². The largest absolute Gasteiger partial charge is 0.471 e. The van der Waals surface area contributed by atoms with Gasteiger partial charge in [0.05, 0.1) is 18.3 Å². The average molecular weight is 378 g/mol. The number of amides is 1. The van der Waals surface area contributed by atoms with Crippen molar-refractivity contribution in [1.82, 2.24) is 14.8 Å². The van der Waals surface area contributed by atoms with Gasteiger partial charge in [0.15, 0.2) is 11.6 Å². The minimum atomic E-state index is -5.14. The zero-order chi connectivity index (χ0) is 19.6. The van der Waals surface area contributed by atoms with Crippen LogP contribution in [0.4, 0.5) is 19.0 Å². The van der Waals surface area contributed by atoms with Crippen LogP contribution in [0.15, 0.2) is 42.6 Å². The molecule has 0 radical (unpaired) electrons. The fourth-order valence-corrected chi connectivity index (χ4v) is 2.35. The third-order valence-electron chi connectivity index (χ3n) is 3.55. The molecule has 3 rings (SSSR count). The van der Waals surface area contributed by atoms with Gasteiger partial charge in [-0.3, -0.25) is 4.79 Å². The lowest BCUT2D eigenvalue weighted by Gasteiger charge is -2.12. The summed E-state index contributed by atoms with van der Waals surface area (Å²) in [6, 6.07) is 10.3. The molecule has 0 bridgehead atoms. The van der Waals surface area contributed by atoms with Gasteiger partial charge in [0.1, 0.15) is 5.56 Å². The number of rotatable bonds is 4. The molecule has 1 aromatic carbocycles. The molecule has 2 aromatic heterocycles. The zero-order valence-electron chi connectivity index (χ0n) is 13.9. The normalized spacial score (nSPS) is 11.4. The molecule has 140 valence electrons.